The van der Waals surface area contributed by atoms with E-state index in [1.807, 2.05) is 0 Å². The Morgan fingerprint density at radius 1 is 1.20 bits per heavy atom. The molecule has 1 aliphatic rings. The van der Waals surface area contributed by atoms with Crippen LogP contribution in [0.2, 0.25) is 0 Å². The van der Waals surface area contributed by atoms with Crippen LogP contribution in [0.1, 0.15) is 21.5 Å². The number of benzene rings is 1. The number of rotatable bonds is 2. The van der Waals surface area contributed by atoms with Crippen molar-refractivity contribution in [1.82, 2.24) is 0 Å². The van der Waals surface area contributed by atoms with Crippen molar-refractivity contribution in [3.8, 4) is 0 Å². The van der Waals surface area contributed by atoms with E-state index in [2.05, 4.69) is 9.99 Å². The molecule has 0 atom stereocenters. The summed E-state index contributed by atoms with van der Waals surface area (Å²) in [6.07, 6.45) is -4.50. The minimum atomic E-state index is -4.71. The summed E-state index contributed by atoms with van der Waals surface area (Å²) in [5.74, 6) is -1.34. The van der Waals surface area contributed by atoms with Gasteiger partial charge in [-0.25, -0.2) is 13.2 Å². The Hall–Kier alpha value is -2.20. The van der Waals surface area contributed by atoms with Crippen molar-refractivity contribution in [2.24, 2.45) is 5.16 Å². The zero-order valence-corrected chi connectivity index (χ0v) is 14.0. The first-order chi connectivity index (χ1) is 11.7. The molecular weight excluding hydrogens is 379 g/mol. The summed E-state index contributed by atoms with van der Waals surface area (Å²) in [5.41, 5.74) is -1.38. The molecule has 0 N–H and O–H groups in total. The molecule has 1 aromatic carbocycles. The lowest BCUT2D eigenvalue weighted by Gasteiger charge is -2.10. The molecule has 5 nitrogen and oxygen atoms in total. The topological polar surface area (TPSA) is 72.8 Å². The Kier molecular flexibility index (Phi) is 4.41. The number of halogens is 3. The van der Waals surface area contributed by atoms with Crippen LogP contribution in [0.4, 0.5) is 13.2 Å². The fourth-order valence-electron chi connectivity index (χ4n) is 2.39. The van der Waals surface area contributed by atoms with E-state index < -0.39 is 33.1 Å². The Labute approximate surface area is 144 Å². The second-order valence-electron chi connectivity index (χ2n) is 5.15. The minimum Gasteiger partial charge on any atom is -0.312 e. The number of hydrogen-bond donors (Lipinski definition) is 0. The van der Waals surface area contributed by atoms with Gasteiger partial charge in [-0.2, -0.15) is 13.2 Å². The van der Waals surface area contributed by atoms with Gasteiger partial charge in [-0.05, 0) is 30.0 Å². The van der Waals surface area contributed by atoms with E-state index in [9.17, 15) is 26.4 Å². The van der Waals surface area contributed by atoms with Crippen LogP contribution in [0.5, 0.6) is 0 Å². The van der Waals surface area contributed by atoms with E-state index in [-0.39, 0.29) is 21.7 Å². The highest BCUT2D eigenvalue weighted by molar-refractivity contribution is 7.93. The molecule has 0 aliphatic carbocycles. The lowest BCUT2D eigenvalue weighted by atomic mass is 10.1. The molecule has 2 heterocycles. The normalized spacial score (nSPS) is 16.5. The maximum atomic E-state index is 12.9. The van der Waals surface area contributed by atoms with Crippen molar-refractivity contribution in [3.63, 3.8) is 0 Å². The van der Waals surface area contributed by atoms with Gasteiger partial charge in [-0.3, -0.25) is 0 Å². The standard InChI is InChI=1S/C15H10F3NO4S2/c16-15(17,18)11-4-2-1-3-9(11)13(20)23-19-12-5-7-24-14-10(12)6-8-25(14,21)22/h1-5,7H,6,8H2/b19-12+. The molecule has 0 radical (unpaired) electrons. The summed E-state index contributed by atoms with van der Waals surface area (Å²) in [4.78, 5) is 16.6. The molecule has 10 heteroatoms. The number of nitrogens with zero attached hydrogens (tertiary/aromatic N) is 1. The summed E-state index contributed by atoms with van der Waals surface area (Å²) >= 11 is 1.02. The van der Waals surface area contributed by atoms with E-state index >= 15 is 0 Å². The second kappa shape index (κ2) is 6.26. The van der Waals surface area contributed by atoms with Crippen molar-refractivity contribution in [1.29, 1.82) is 0 Å². The number of carbonyl (C=O) groups excluding carboxylic acids is 1. The van der Waals surface area contributed by atoms with Gasteiger partial charge in [0.25, 0.3) is 0 Å². The van der Waals surface area contributed by atoms with Crippen LogP contribution in [0.3, 0.4) is 0 Å². The van der Waals surface area contributed by atoms with Gasteiger partial charge in [0, 0.05) is 5.56 Å². The summed E-state index contributed by atoms with van der Waals surface area (Å²) in [7, 11) is -3.38. The quantitative estimate of drug-likeness (QED) is 0.585. The molecule has 0 bridgehead atoms. The predicted octanol–water partition coefficient (Wildman–Crippen LogP) is 2.77. The Morgan fingerprint density at radius 2 is 1.92 bits per heavy atom. The van der Waals surface area contributed by atoms with Crippen LogP contribution in [-0.4, -0.2) is 20.1 Å². The van der Waals surface area contributed by atoms with E-state index in [4.69, 9.17) is 0 Å². The maximum absolute atomic E-state index is 12.9. The van der Waals surface area contributed by atoms with E-state index in [1.165, 1.54) is 17.5 Å². The molecule has 25 heavy (non-hydrogen) atoms. The van der Waals surface area contributed by atoms with Crippen molar-refractivity contribution >= 4 is 27.1 Å². The Morgan fingerprint density at radius 3 is 2.64 bits per heavy atom. The van der Waals surface area contributed by atoms with E-state index in [0.29, 0.717) is 5.56 Å². The molecule has 0 unspecified atom stereocenters. The fourth-order valence-corrected chi connectivity index (χ4v) is 5.30. The second-order valence-corrected chi connectivity index (χ2v) is 8.37. The summed E-state index contributed by atoms with van der Waals surface area (Å²) in [6.45, 7) is 0. The third-order valence-electron chi connectivity index (χ3n) is 3.54. The number of sulfone groups is 1. The molecule has 0 fully saturated rings. The highest BCUT2D eigenvalue weighted by Crippen LogP contribution is 2.32. The molecular formula is C15H10F3NO4S2. The fraction of sp³-hybridized carbons (Fsp3) is 0.200. The molecule has 1 aliphatic heterocycles. The number of hydrogen-bond acceptors (Lipinski definition) is 6. The minimum absolute atomic E-state index is 0.0732. The van der Waals surface area contributed by atoms with Crippen molar-refractivity contribution in [2.45, 2.75) is 16.8 Å². The van der Waals surface area contributed by atoms with Gasteiger partial charge >= 0.3 is 12.1 Å². The molecule has 0 saturated heterocycles. The lowest BCUT2D eigenvalue weighted by molar-refractivity contribution is -0.138. The smallest absolute Gasteiger partial charge is 0.312 e. The van der Waals surface area contributed by atoms with Gasteiger partial charge < -0.3 is 4.84 Å². The zero-order valence-electron chi connectivity index (χ0n) is 12.4. The first-order valence-corrected chi connectivity index (χ1v) is 9.48. The first-order valence-electron chi connectivity index (χ1n) is 6.95. The van der Waals surface area contributed by atoms with Crippen LogP contribution in [0.25, 0.3) is 0 Å². The van der Waals surface area contributed by atoms with Gasteiger partial charge in [-0.1, -0.05) is 17.3 Å². The van der Waals surface area contributed by atoms with Crippen molar-refractivity contribution in [2.75, 3.05) is 5.75 Å². The monoisotopic (exact) mass is 389 g/mol. The molecule has 3 rings (SSSR count). The molecule has 2 aromatic rings. The summed E-state index contributed by atoms with van der Waals surface area (Å²) < 4.78 is 62.7. The van der Waals surface area contributed by atoms with E-state index in [1.54, 1.807) is 0 Å². The van der Waals surface area contributed by atoms with Gasteiger partial charge in [-0.15, -0.1) is 11.3 Å². The average Bonchev–Trinajstić information content (AvgIpc) is 2.88. The zero-order chi connectivity index (χ0) is 18.2. The molecule has 1 aromatic heterocycles. The van der Waals surface area contributed by atoms with Crippen LogP contribution in [0.15, 0.2) is 45.1 Å². The molecule has 0 saturated carbocycles. The van der Waals surface area contributed by atoms with Gasteiger partial charge in [0.15, 0.2) is 9.84 Å². The Balaban J connectivity index is 1.95. The summed E-state index contributed by atoms with van der Waals surface area (Å²) in [6, 6.07) is 5.65. The van der Waals surface area contributed by atoms with E-state index in [0.717, 1.165) is 29.5 Å². The average molecular weight is 389 g/mol. The molecule has 132 valence electrons. The van der Waals surface area contributed by atoms with Gasteiger partial charge in [0.1, 0.15) is 9.57 Å². The molecule has 0 amide bonds. The highest BCUT2D eigenvalue weighted by Gasteiger charge is 2.35. The number of alkyl halides is 3. The number of carbonyl (C=O) groups is 1. The van der Waals surface area contributed by atoms with Crippen LogP contribution >= 0.6 is 11.3 Å². The lowest BCUT2D eigenvalue weighted by Crippen LogP contribution is -2.15. The Bertz CT molecular complexity index is 1010. The third kappa shape index (κ3) is 3.45. The van der Waals surface area contributed by atoms with Crippen molar-refractivity contribution in [3.05, 3.63) is 57.8 Å². The van der Waals surface area contributed by atoms with Crippen LogP contribution in [-0.2, 0) is 27.3 Å². The van der Waals surface area contributed by atoms with Crippen LogP contribution < -0.4 is 5.36 Å². The van der Waals surface area contributed by atoms with Crippen LogP contribution in [0, 0.1) is 0 Å². The maximum Gasteiger partial charge on any atom is 0.417 e. The third-order valence-corrected chi connectivity index (χ3v) is 6.88. The SMILES string of the molecule is O=C(O/N=c1\ccsc2c1CCS2(=O)=O)c1ccccc1C(F)(F)F. The van der Waals surface area contributed by atoms with Gasteiger partial charge in [0.05, 0.1) is 16.9 Å². The van der Waals surface area contributed by atoms with Gasteiger partial charge in [0.2, 0.25) is 0 Å². The number of fused-ring (bicyclic) bond motifs is 1. The first kappa shape index (κ1) is 17.6. The largest absolute Gasteiger partial charge is 0.417 e. The summed E-state index contributed by atoms with van der Waals surface area (Å²) in [5, 5.41) is 5.16. The highest BCUT2D eigenvalue weighted by atomic mass is 32.2. The molecule has 0 spiro atoms. The van der Waals surface area contributed by atoms with Crippen molar-refractivity contribution < 1.29 is 31.2 Å². The predicted molar refractivity (Wildman–Crippen MR) is 82.5 cm³/mol.